The van der Waals surface area contributed by atoms with Gasteiger partial charge in [0.2, 0.25) is 5.82 Å². The van der Waals surface area contributed by atoms with E-state index >= 15 is 17.6 Å². The highest BCUT2D eigenvalue weighted by atomic mass is 19.2. The maximum absolute atomic E-state index is 16.0. The van der Waals surface area contributed by atoms with Gasteiger partial charge in [-0.2, -0.15) is 0 Å². The predicted molar refractivity (Wildman–Crippen MR) is 216 cm³/mol. The fourth-order valence-electron chi connectivity index (χ4n) is 8.32. The van der Waals surface area contributed by atoms with Crippen molar-refractivity contribution < 1.29 is 22.0 Å². The van der Waals surface area contributed by atoms with Gasteiger partial charge in [-0.05, 0) is 71.1 Å². The Morgan fingerprint density at radius 1 is 0.357 bits per heavy atom. The highest BCUT2D eigenvalue weighted by molar-refractivity contribution is 6.12. The predicted octanol–water partition coefficient (Wildman–Crippen LogP) is 13.9. The first-order valence-corrected chi connectivity index (χ1v) is 18.1. The minimum Gasteiger partial charge on any atom is -0.309 e. The van der Waals surface area contributed by atoms with Gasteiger partial charge in [0.25, 0.3) is 0 Å². The minimum absolute atomic E-state index is 0.141. The van der Waals surface area contributed by atoms with E-state index in [2.05, 4.69) is 22.8 Å². The average Bonchev–Trinajstić information content (AvgIpc) is 3.75. The molecule has 0 bridgehead atoms. The number of hydrogen-bond donors (Lipinski definition) is 0. The number of fused-ring (bicyclic) bond motifs is 6. The molecule has 0 fully saturated rings. The van der Waals surface area contributed by atoms with Crippen molar-refractivity contribution in [3.05, 3.63) is 192 Å². The highest BCUT2D eigenvalue weighted by Gasteiger charge is 2.31. The first-order valence-electron chi connectivity index (χ1n) is 18.1. The largest absolute Gasteiger partial charge is 0.309 e. The standard InChI is InChI=1S/C49H29F5N2/c1-28-38(55-39-18-10-8-16-33(39)35-22-20-31(26-41(35)55)29-12-4-2-5-13-29)25-24-37(43-44(50)46(52)48(54)47(53)45(43)51)49(28)56-40-19-11-9-17-34(40)36-23-21-32(27-42(36)56)30-14-6-3-7-15-30/h2-27H,1H3. The molecule has 0 N–H and O–H groups in total. The summed E-state index contributed by atoms with van der Waals surface area (Å²) in [6.45, 7) is 1.84. The second-order valence-electron chi connectivity index (χ2n) is 14.0. The Bertz CT molecular complexity index is 3170. The van der Waals surface area contributed by atoms with Crippen LogP contribution in [0.2, 0.25) is 0 Å². The monoisotopic (exact) mass is 740 g/mol. The fraction of sp³-hybridized carbons (Fsp3) is 0.0204. The summed E-state index contributed by atoms with van der Waals surface area (Å²) in [4.78, 5) is 0. The summed E-state index contributed by atoms with van der Waals surface area (Å²) in [5.74, 6) is -10.0. The normalized spacial score (nSPS) is 11.8. The van der Waals surface area contributed by atoms with E-state index in [1.54, 1.807) is 6.07 Å². The van der Waals surface area contributed by atoms with Gasteiger partial charge in [0.15, 0.2) is 23.3 Å². The Morgan fingerprint density at radius 2 is 0.786 bits per heavy atom. The molecule has 10 rings (SSSR count). The van der Waals surface area contributed by atoms with Crippen molar-refractivity contribution in [2.24, 2.45) is 0 Å². The lowest BCUT2D eigenvalue weighted by atomic mass is 9.96. The van der Waals surface area contributed by atoms with Crippen LogP contribution in [0.3, 0.4) is 0 Å². The van der Waals surface area contributed by atoms with E-state index < -0.39 is 34.6 Å². The van der Waals surface area contributed by atoms with Gasteiger partial charge in [-0.15, -0.1) is 0 Å². The molecule has 10 aromatic rings. The Hall–Kier alpha value is -6.99. The molecule has 0 aliphatic carbocycles. The van der Waals surface area contributed by atoms with Crippen molar-refractivity contribution in [2.45, 2.75) is 6.92 Å². The molecule has 270 valence electrons. The Labute approximate surface area is 317 Å². The molecule has 0 saturated carbocycles. The van der Waals surface area contributed by atoms with Crippen LogP contribution < -0.4 is 0 Å². The zero-order valence-electron chi connectivity index (χ0n) is 29.8. The summed E-state index contributed by atoms with van der Waals surface area (Å²) in [6.07, 6.45) is 0. The van der Waals surface area contributed by atoms with Gasteiger partial charge in [0.1, 0.15) is 0 Å². The Balaban J connectivity index is 1.36. The van der Waals surface area contributed by atoms with E-state index in [0.29, 0.717) is 22.3 Å². The molecule has 2 heterocycles. The third kappa shape index (κ3) is 4.93. The van der Waals surface area contributed by atoms with Gasteiger partial charge < -0.3 is 9.13 Å². The van der Waals surface area contributed by atoms with Crippen LogP contribution in [-0.4, -0.2) is 9.13 Å². The molecule has 0 radical (unpaired) electrons. The number of aromatic nitrogens is 2. The second kappa shape index (κ2) is 12.8. The summed E-state index contributed by atoms with van der Waals surface area (Å²) in [5, 5.41) is 3.71. The number of rotatable bonds is 5. The number of para-hydroxylation sites is 2. The van der Waals surface area contributed by atoms with Crippen LogP contribution in [-0.2, 0) is 0 Å². The van der Waals surface area contributed by atoms with Crippen LogP contribution in [0, 0.1) is 36.0 Å². The zero-order valence-corrected chi connectivity index (χ0v) is 29.8. The summed E-state index contributed by atoms with van der Waals surface area (Å²) in [5.41, 5.74) is 7.44. The zero-order chi connectivity index (χ0) is 38.2. The average molecular weight is 741 g/mol. The third-order valence-corrected chi connectivity index (χ3v) is 10.9. The molecule has 0 aliphatic heterocycles. The number of halogens is 5. The fourth-order valence-corrected chi connectivity index (χ4v) is 8.32. The number of benzene rings is 8. The van der Waals surface area contributed by atoms with Gasteiger partial charge in [-0.3, -0.25) is 0 Å². The number of hydrogen-bond acceptors (Lipinski definition) is 0. The first kappa shape index (κ1) is 33.6. The molecule has 0 unspecified atom stereocenters. The summed E-state index contributed by atoms with van der Waals surface area (Å²) in [6, 6.07) is 51.0. The molecule has 56 heavy (non-hydrogen) atoms. The van der Waals surface area contributed by atoms with Crippen molar-refractivity contribution >= 4 is 43.6 Å². The van der Waals surface area contributed by atoms with Crippen LogP contribution in [0.25, 0.3) is 88.4 Å². The van der Waals surface area contributed by atoms with E-state index in [0.717, 1.165) is 54.8 Å². The van der Waals surface area contributed by atoms with Crippen LogP contribution in [0.4, 0.5) is 22.0 Å². The lowest BCUT2D eigenvalue weighted by Gasteiger charge is -2.22. The molecule has 8 aromatic carbocycles. The van der Waals surface area contributed by atoms with Crippen LogP contribution in [0.1, 0.15) is 5.56 Å². The first-order chi connectivity index (χ1) is 27.3. The van der Waals surface area contributed by atoms with E-state index in [-0.39, 0.29) is 11.3 Å². The second-order valence-corrected chi connectivity index (χ2v) is 14.0. The summed E-state index contributed by atoms with van der Waals surface area (Å²) >= 11 is 0. The van der Waals surface area contributed by atoms with E-state index in [9.17, 15) is 4.39 Å². The van der Waals surface area contributed by atoms with Crippen LogP contribution in [0.15, 0.2) is 158 Å². The third-order valence-electron chi connectivity index (χ3n) is 10.9. The van der Waals surface area contributed by atoms with Gasteiger partial charge in [-0.25, -0.2) is 22.0 Å². The molecule has 0 amide bonds. The Kier molecular flexibility index (Phi) is 7.68. The molecule has 0 atom stereocenters. The van der Waals surface area contributed by atoms with Gasteiger partial charge in [0.05, 0.1) is 39.0 Å². The maximum Gasteiger partial charge on any atom is 0.200 e. The lowest BCUT2D eigenvalue weighted by Crippen LogP contribution is -2.09. The van der Waals surface area contributed by atoms with Crippen molar-refractivity contribution in [3.8, 4) is 44.8 Å². The molecule has 0 spiro atoms. The molecule has 0 aliphatic rings. The van der Waals surface area contributed by atoms with Gasteiger partial charge in [0, 0.05) is 27.1 Å². The smallest absolute Gasteiger partial charge is 0.200 e. The SMILES string of the molecule is Cc1c(-n2c3ccccc3c3ccc(-c4ccccc4)cc32)ccc(-c2c(F)c(F)c(F)c(F)c2F)c1-n1c2ccccc2c2ccc(-c3ccccc3)cc21. The van der Waals surface area contributed by atoms with E-state index in [1.807, 2.05) is 139 Å². The summed E-state index contributed by atoms with van der Waals surface area (Å²) < 4.78 is 80.7. The minimum atomic E-state index is -2.21. The molecule has 0 saturated heterocycles. The maximum atomic E-state index is 16.0. The highest BCUT2D eigenvalue weighted by Crippen LogP contribution is 2.44. The molecule has 2 aromatic heterocycles. The van der Waals surface area contributed by atoms with Crippen molar-refractivity contribution in [2.75, 3.05) is 0 Å². The molecule has 2 nitrogen and oxygen atoms in total. The molecular weight excluding hydrogens is 712 g/mol. The topological polar surface area (TPSA) is 9.86 Å². The Morgan fingerprint density at radius 3 is 1.32 bits per heavy atom. The van der Waals surface area contributed by atoms with Crippen molar-refractivity contribution in [3.63, 3.8) is 0 Å². The van der Waals surface area contributed by atoms with Crippen LogP contribution >= 0.6 is 0 Å². The van der Waals surface area contributed by atoms with Crippen LogP contribution in [0.5, 0.6) is 0 Å². The molecular formula is C49H29F5N2. The number of nitrogens with zero attached hydrogens (tertiary/aromatic N) is 2. The quantitative estimate of drug-likeness (QED) is 0.0945. The van der Waals surface area contributed by atoms with E-state index in [1.165, 1.54) is 6.07 Å². The van der Waals surface area contributed by atoms with Gasteiger partial charge >= 0.3 is 0 Å². The van der Waals surface area contributed by atoms with Crippen molar-refractivity contribution in [1.82, 2.24) is 9.13 Å². The van der Waals surface area contributed by atoms with E-state index in [4.69, 9.17) is 0 Å². The van der Waals surface area contributed by atoms with Crippen molar-refractivity contribution in [1.29, 1.82) is 0 Å². The lowest BCUT2D eigenvalue weighted by molar-refractivity contribution is 0.381. The van der Waals surface area contributed by atoms with Gasteiger partial charge in [-0.1, -0.05) is 121 Å². The molecule has 7 heteroatoms. The summed E-state index contributed by atoms with van der Waals surface area (Å²) in [7, 11) is 0.